The first-order chi connectivity index (χ1) is 12.9. The zero-order chi connectivity index (χ0) is 19.4. The van der Waals surface area contributed by atoms with Crippen molar-refractivity contribution in [2.24, 2.45) is 0 Å². The number of nitrogens with zero attached hydrogens (tertiary/aromatic N) is 1. The molecule has 0 spiro atoms. The van der Waals surface area contributed by atoms with Crippen LogP contribution in [-0.4, -0.2) is 31.2 Å². The first-order valence-corrected chi connectivity index (χ1v) is 10.5. The molecule has 1 N–H and O–H groups in total. The SMILES string of the molecule is C=CCN(Cc1ccc(C(=O)NC2CC2)cc1)S(=O)(=O)c1ccc(Cl)cc1. The van der Waals surface area contributed by atoms with Gasteiger partial charge in [-0.25, -0.2) is 8.42 Å². The minimum absolute atomic E-state index is 0.0965. The van der Waals surface area contributed by atoms with Crippen molar-refractivity contribution in [3.8, 4) is 0 Å². The van der Waals surface area contributed by atoms with Crippen LogP contribution in [0.15, 0.2) is 66.1 Å². The molecule has 1 aliphatic rings. The quantitative estimate of drug-likeness (QED) is 0.683. The highest BCUT2D eigenvalue weighted by molar-refractivity contribution is 7.89. The van der Waals surface area contributed by atoms with Gasteiger partial charge in [0.15, 0.2) is 0 Å². The lowest BCUT2D eigenvalue weighted by Gasteiger charge is -2.21. The van der Waals surface area contributed by atoms with E-state index in [2.05, 4.69) is 11.9 Å². The standard InChI is InChI=1S/C20H21ClN2O3S/c1-2-13-23(27(25,26)19-11-7-17(21)8-12-19)14-15-3-5-16(6-4-15)20(24)22-18-9-10-18/h2-8,11-12,18H,1,9-10,13-14H2,(H,22,24). The average molecular weight is 405 g/mol. The van der Waals surface area contributed by atoms with E-state index in [1.165, 1.54) is 16.4 Å². The van der Waals surface area contributed by atoms with Crippen LogP contribution in [0.5, 0.6) is 0 Å². The average Bonchev–Trinajstić information content (AvgIpc) is 3.46. The first kappa shape index (κ1) is 19.6. The molecule has 5 nitrogen and oxygen atoms in total. The van der Waals surface area contributed by atoms with Crippen LogP contribution in [0.25, 0.3) is 0 Å². The van der Waals surface area contributed by atoms with E-state index in [0.717, 1.165) is 18.4 Å². The second kappa shape index (κ2) is 8.25. The molecule has 0 aliphatic heterocycles. The number of amides is 1. The Labute approximate surface area is 164 Å². The molecular formula is C20H21ClN2O3S. The number of hydrogen-bond acceptors (Lipinski definition) is 3. The predicted molar refractivity (Wildman–Crippen MR) is 106 cm³/mol. The largest absolute Gasteiger partial charge is 0.349 e. The van der Waals surface area contributed by atoms with Crippen LogP contribution in [0.3, 0.4) is 0 Å². The molecule has 1 saturated carbocycles. The van der Waals surface area contributed by atoms with Crippen molar-refractivity contribution in [3.63, 3.8) is 0 Å². The first-order valence-electron chi connectivity index (χ1n) is 8.66. The van der Waals surface area contributed by atoms with Crippen molar-refractivity contribution in [2.45, 2.75) is 30.3 Å². The van der Waals surface area contributed by atoms with Gasteiger partial charge in [-0.15, -0.1) is 6.58 Å². The van der Waals surface area contributed by atoms with E-state index < -0.39 is 10.0 Å². The molecule has 0 radical (unpaired) electrons. The Bertz CT molecular complexity index is 921. The summed E-state index contributed by atoms with van der Waals surface area (Å²) in [4.78, 5) is 12.2. The normalized spacial score (nSPS) is 14.1. The van der Waals surface area contributed by atoms with E-state index in [4.69, 9.17) is 11.6 Å². The van der Waals surface area contributed by atoms with Gasteiger partial charge in [0.05, 0.1) is 4.90 Å². The van der Waals surface area contributed by atoms with Gasteiger partial charge >= 0.3 is 0 Å². The van der Waals surface area contributed by atoms with E-state index in [1.807, 2.05) is 0 Å². The molecule has 7 heteroatoms. The molecule has 1 aliphatic carbocycles. The van der Waals surface area contributed by atoms with Crippen LogP contribution in [-0.2, 0) is 16.6 Å². The van der Waals surface area contributed by atoms with Crippen molar-refractivity contribution in [1.29, 1.82) is 0 Å². The summed E-state index contributed by atoms with van der Waals surface area (Å²) in [6, 6.07) is 13.3. The molecule has 2 aromatic rings. The summed E-state index contributed by atoms with van der Waals surface area (Å²) in [5.41, 5.74) is 1.36. The molecule has 2 aromatic carbocycles. The highest BCUT2D eigenvalue weighted by Gasteiger charge is 2.25. The fourth-order valence-corrected chi connectivity index (χ4v) is 4.13. The topological polar surface area (TPSA) is 66.5 Å². The van der Waals surface area contributed by atoms with Crippen molar-refractivity contribution in [2.75, 3.05) is 6.54 Å². The lowest BCUT2D eigenvalue weighted by molar-refractivity contribution is 0.0951. The molecule has 0 atom stereocenters. The molecule has 142 valence electrons. The smallest absolute Gasteiger partial charge is 0.251 e. The molecule has 0 saturated heterocycles. The van der Waals surface area contributed by atoms with Crippen molar-refractivity contribution >= 4 is 27.5 Å². The Morgan fingerprint density at radius 1 is 1.15 bits per heavy atom. The van der Waals surface area contributed by atoms with Gasteiger partial charge < -0.3 is 5.32 Å². The minimum atomic E-state index is -3.69. The summed E-state index contributed by atoms with van der Waals surface area (Å²) in [5, 5.41) is 3.41. The zero-order valence-corrected chi connectivity index (χ0v) is 16.3. The number of carbonyl (C=O) groups is 1. The third-order valence-electron chi connectivity index (χ3n) is 4.27. The molecular weight excluding hydrogens is 384 g/mol. The second-order valence-electron chi connectivity index (χ2n) is 6.48. The molecule has 0 unspecified atom stereocenters. The summed E-state index contributed by atoms with van der Waals surface area (Å²) < 4.78 is 27.2. The highest BCUT2D eigenvalue weighted by atomic mass is 35.5. The van der Waals surface area contributed by atoms with Crippen LogP contribution >= 0.6 is 11.6 Å². The maximum absolute atomic E-state index is 12.9. The fraction of sp³-hybridized carbons (Fsp3) is 0.250. The summed E-state index contributed by atoms with van der Waals surface area (Å²) in [5.74, 6) is -0.0965. The van der Waals surface area contributed by atoms with Gasteiger partial charge in [-0.05, 0) is 54.8 Å². The molecule has 0 bridgehead atoms. The van der Waals surface area contributed by atoms with Crippen LogP contribution in [0, 0.1) is 0 Å². The predicted octanol–water partition coefficient (Wildman–Crippen LogP) is 3.61. The Kier molecular flexibility index (Phi) is 5.99. The van der Waals surface area contributed by atoms with Gasteiger partial charge in [0.1, 0.15) is 0 Å². The van der Waals surface area contributed by atoms with Gasteiger partial charge in [-0.2, -0.15) is 4.31 Å². The number of nitrogens with one attached hydrogen (secondary N) is 1. The van der Waals surface area contributed by atoms with Crippen LogP contribution in [0.1, 0.15) is 28.8 Å². The Hall–Kier alpha value is -2.15. The van der Waals surface area contributed by atoms with Crippen molar-refractivity contribution < 1.29 is 13.2 Å². The Morgan fingerprint density at radius 3 is 2.33 bits per heavy atom. The van der Waals surface area contributed by atoms with Gasteiger partial charge in [0.2, 0.25) is 10.0 Å². The number of sulfonamides is 1. The lowest BCUT2D eigenvalue weighted by Crippen LogP contribution is -2.31. The monoisotopic (exact) mass is 404 g/mol. The van der Waals surface area contributed by atoms with Crippen LogP contribution in [0.4, 0.5) is 0 Å². The van der Waals surface area contributed by atoms with Gasteiger partial charge in [0, 0.05) is 29.7 Å². The van der Waals surface area contributed by atoms with E-state index in [9.17, 15) is 13.2 Å². The molecule has 1 fully saturated rings. The van der Waals surface area contributed by atoms with Gasteiger partial charge in [0.25, 0.3) is 5.91 Å². The fourth-order valence-electron chi connectivity index (χ4n) is 2.61. The van der Waals surface area contributed by atoms with Gasteiger partial charge in [-0.1, -0.05) is 29.8 Å². The summed E-state index contributed by atoms with van der Waals surface area (Å²) in [6.45, 7) is 4.01. The molecule has 0 aromatic heterocycles. The van der Waals surface area contributed by atoms with E-state index in [0.29, 0.717) is 16.6 Å². The van der Waals surface area contributed by atoms with Crippen LogP contribution in [0.2, 0.25) is 5.02 Å². The maximum Gasteiger partial charge on any atom is 0.251 e. The maximum atomic E-state index is 12.9. The molecule has 3 rings (SSSR count). The molecule has 0 heterocycles. The summed E-state index contributed by atoms with van der Waals surface area (Å²) in [7, 11) is -3.69. The number of benzene rings is 2. The van der Waals surface area contributed by atoms with E-state index >= 15 is 0 Å². The highest BCUT2D eigenvalue weighted by Crippen LogP contribution is 2.22. The lowest BCUT2D eigenvalue weighted by atomic mass is 10.1. The number of halogens is 1. The minimum Gasteiger partial charge on any atom is -0.349 e. The van der Waals surface area contributed by atoms with Crippen molar-refractivity contribution in [3.05, 3.63) is 77.3 Å². The van der Waals surface area contributed by atoms with Crippen molar-refractivity contribution in [1.82, 2.24) is 9.62 Å². The summed E-state index contributed by atoms with van der Waals surface area (Å²) in [6.07, 6.45) is 3.61. The van der Waals surface area contributed by atoms with E-state index in [-0.39, 0.29) is 23.9 Å². The second-order valence-corrected chi connectivity index (χ2v) is 8.86. The van der Waals surface area contributed by atoms with Crippen LogP contribution < -0.4 is 5.32 Å². The molecule has 27 heavy (non-hydrogen) atoms. The number of hydrogen-bond donors (Lipinski definition) is 1. The Morgan fingerprint density at radius 2 is 1.78 bits per heavy atom. The zero-order valence-electron chi connectivity index (χ0n) is 14.8. The van der Waals surface area contributed by atoms with E-state index in [1.54, 1.807) is 42.5 Å². The molecule has 1 amide bonds. The number of rotatable bonds is 8. The third kappa shape index (κ3) is 4.97. The Balaban J connectivity index is 1.76. The third-order valence-corrected chi connectivity index (χ3v) is 6.35. The summed E-state index contributed by atoms with van der Waals surface area (Å²) >= 11 is 5.85. The number of carbonyl (C=O) groups excluding carboxylic acids is 1. The van der Waals surface area contributed by atoms with Gasteiger partial charge in [-0.3, -0.25) is 4.79 Å².